The molecule has 102 valence electrons. The third-order valence-corrected chi connectivity index (χ3v) is 3.12. The summed E-state index contributed by atoms with van der Waals surface area (Å²) in [5, 5.41) is 30.4. The van der Waals surface area contributed by atoms with Crippen LogP contribution in [0, 0.1) is 0 Å². The van der Waals surface area contributed by atoms with Crippen molar-refractivity contribution >= 4 is 11.7 Å². The highest BCUT2D eigenvalue weighted by molar-refractivity contribution is 5.99. The first-order valence-electron chi connectivity index (χ1n) is 5.84. The summed E-state index contributed by atoms with van der Waals surface area (Å²) in [7, 11) is 0. The second-order valence-corrected chi connectivity index (χ2v) is 4.42. The van der Waals surface area contributed by atoms with Crippen molar-refractivity contribution in [2.45, 2.75) is 18.9 Å². The van der Waals surface area contributed by atoms with Gasteiger partial charge in [0.2, 0.25) is 0 Å². The zero-order chi connectivity index (χ0) is 14.0. The van der Waals surface area contributed by atoms with E-state index in [-0.39, 0.29) is 28.8 Å². The third-order valence-electron chi connectivity index (χ3n) is 3.12. The van der Waals surface area contributed by atoms with E-state index in [0.717, 1.165) is 12.5 Å². The molecular weight excluding hydrogens is 250 g/mol. The predicted molar refractivity (Wildman–Crippen MR) is 67.2 cm³/mol. The van der Waals surface area contributed by atoms with E-state index in [9.17, 15) is 15.0 Å². The second kappa shape index (κ2) is 5.05. The second-order valence-electron chi connectivity index (χ2n) is 4.42. The first-order valence-corrected chi connectivity index (χ1v) is 5.84. The molecule has 0 aliphatic carbocycles. The van der Waals surface area contributed by atoms with E-state index in [4.69, 9.17) is 10.9 Å². The van der Waals surface area contributed by atoms with Crippen LogP contribution in [0.25, 0.3) is 0 Å². The van der Waals surface area contributed by atoms with E-state index in [2.05, 4.69) is 5.16 Å². The Balaban J connectivity index is 2.28. The maximum atomic E-state index is 12.3. The van der Waals surface area contributed by atoms with Gasteiger partial charge in [-0.15, -0.1) is 0 Å². The topological polar surface area (TPSA) is 119 Å². The molecule has 5 N–H and O–H groups in total. The number of nitrogens with two attached hydrogens (primary N) is 1. The summed E-state index contributed by atoms with van der Waals surface area (Å²) in [6.45, 7) is 0.482. The molecule has 0 spiro atoms. The van der Waals surface area contributed by atoms with Gasteiger partial charge in [0.1, 0.15) is 11.5 Å². The van der Waals surface area contributed by atoms with Gasteiger partial charge in [-0.25, -0.2) is 0 Å². The van der Waals surface area contributed by atoms with Crippen LogP contribution in [0.4, 0.5) is 0 Å². The standard InChI is InChI=1S/C12H15N3O4/c13-11(14-19)10-2-1-3-15(10)12(18)7-4-8(16)6-9(17)5-7/h4-6,10,16-17,19H,1-3H2,(H2,13,14). The van der Waals surface area contributed by atoms with E-state index >= 15 is 0 Å². The van der Waals surface area contributed by atoms with E-state index in [0.29, 0.717) is 13.0 Å². The lowest BCUT2D eigenvalue weighted by molar-refractivity contribution is 0.0767. The molecule has 1 saturated heterocycles. The van der Waals surface area contributed by atoms with Gasteiger partial charge in [0.05, 0.1) is 6.04 Å². The van der Waals surface area contributed by atoms with E-state index in [1.165, 1.54) is 17.0 Å². The monoisotopic (exact) mass is 265 g/mol. The lowest BCUT2D eigenvalue weighted by atomic mass is 10.1. The third kappa shape index (κ3) is 2.54. The number of rotatable bonds is 2. The van der Waals surface area contributed by atoms with Crippen molar-refractivity contribution in [3.05, 3.63) is 23.8 Å². The molecule has 1 amide bonds. The Morgan fingerprint density at radius 1 is 1.32 bits per heavy atom. The van der Waals surface area contributed by atoms with Gasteiger partial charge >= 0.3 is 0 Å². The molecule has 7 heteroatoms. The number of amidine groups is 1. The fourth-order valence-corrected chi connectivity index (χ4v) is 2.27. The highest BCUT2D eigenvalue weighted by atomic mass is 16.4. The Bertz CT molecular complexity index is 509. The van der Waals surface area contributed by atoms with Crippen molar-refractivity contribution in [2.75, 3.05) is 6.54 Å². The molecule has 1 aliphatic rings. The zero-order valence-corrected chi connectivity index (χ0v) is 10.2. The summed E-state index contributed by atoms with van der Waals surface area (Å²) in [5.74, 6) is -0.777. The molecule has 1 aromatic carbocycles. The molecule has 7 nitrogen and oxygen atoms in total. The highest BCUT2D eigenvalue weighted by Gasteiger charge is 2.32. The lowest BCUT2D eigenvalue weighted by Gasteiger charge is -2.23. The summed E-state index contributed by atoms with van der Waals surface area (Å²) in [6, 6.07) is 3.22. The molecule has 1 unspecified atom stereocenters. The number of aromatic hydroxyl groups is 2. The van der Waals surface area contributed by atoms with E-state index < -0.39 is 6.04 Å². The average molecular weight is 265 g/mol. The Hall–Kier alpha value is -2.44. The number of amides is 1. The summed E-state index contributed by atoms with van der Waals surface area (Å²) in [4.78, 5) is 13.8. The van der Waals surface area contributed by atoms with E-state index in [1.54, 1.807) is 0 Å². The Morgan fingerprint density at radius 3 is 2.53 bits per heavy atom. The summed E-state index contributed by atoms with van der Waals surface area (Å²) in [6.07, 6.45) is 1.36. The molecule has 1 aliphatic heterocycles. The molecule has 0 saturated carbocycles. The molecule has 0 radical (unpaired) electrons. The van der Waals surface area contributed by atoms with Crippen molar-refractivity contribution in [1.29, 1.82) is 0 Å². The van der Waals surface area contributed by atoms with Crippen molar-refractivity contribution < 1.29 is 20.2 Å². The Kier molecular flexibility index (Phi) is 3.46. The van der Waals surface area contributed by atoms with Gasteiger partial charge in [0.15, 0.2) is 5.84 Å². The largest absolute Gasteiger partial charge is 0.508 e. The molecular formula is C12H15N3O4. The van der Waals surface area contributed by atoms with Crippen LogP contribution in [-0.2, 0) is 0 Å². The number of phenols is 2. The lowest BCUT2D eigenvalue weighted by Crippen LogP contribution is -2.43. The van der Waals surface area contributed by atoms with Crippen molar-refractivity contribution in [3.63, 3.8) is 0 Å². The number of carbonyl (C=O) groups excluding carboxylic acids is 1. The number of nitrogens with zero attached hydrogens (tertiary/aromatic N) is 2. The van der Waals surface area contributed by atoms with Crippen molar-refractivity contribution in [1.82, 2.24) is 4.90 Å². The van der Waals surface area contributed by atoms with Crippen molar-refractivity contribution in [3.8, 4) is 11.5 Å². The molecule has 0 bridgehead atoms. The predicted octanol–water partition coefficient (Wildman–Crippen LogP) is 0.449. The zero-order valence-electron chi connectivity index (χ0n) is 10.2. The Morgan fingerprint density at radius 2 is 1.95 bits per heavy atom. The minimum atomic E-state index is -0.456. The quantitative estimate of drug-likeness (QED) is 0.268. The highest BCUT2D eigenvalue weighted by Crippen LogP contribution is 2.25. The van der Waals surface area contributed by atoms with Crippen LogP contribution in [0.2, 0.25) is 0 Å². The molecule has 1 fully saturated rings. The Labute approximate surface area is 109 Å². The summed E-state index contributed by atoms with van der Waals surface area (Å²) < 4.78 is 0. The number of likely N-dealkylation sites (tertiary alicyclic amines) is 1. The number of oxime groups is 1. The van der Waals surface area contributed by atoms with Gasteiger partial charge in [-0.3, -0.25) is 4.79 Å². The van der Waals surface area contributed by atoms with E-state index in [1.807, 2.05) is 0 Å². The maximum absolute atomic E-state index is 12.3. The molecule has 19 heavy (non-hydrogen) atoms. The maximum Gasteiger partial charge on any atom is 0.254 e. The molecule has 0 aromatic heterocycles. The first kappa shape index (κ1) is 13.0. The van der Waals surface area contributed by atoms with Crippen LogP contribution >= 0.6 is 0 Å². The van der Waals surface area contributed by atoms with Gasteiger partial charge in [-0.05, 0) is 25.0 Å². The fourth-order valence-electron chi connectivity index (χ4n) is 2.27. The van der Waals surface area contributed by atoms with Crippen LogP contribution in [0.3, 0.4) is 0 Å². The smallest absolute Gasteiger partial charge is 0.254 e. The molecule has 1 atom stereocenters. The summed E-state index contributed by atoms with van der Waals surface area (Å²) in [5.41, 5.74) is 5.71. The molecule has 2 rings (SSSR count). The van der Waals surface area contributed by atoms with Gasteiger partial charge in [0, 0.05) is 18.2 Å². The minimum absolute atomic E-state index is 0.0183. The van der Waals surface area contributed by atoms with Gasteiger partial charge in [-0.1, -0.05) is 5.16 Å². The fraction of sp³-hybridized carbons (Fsp3) is 0.333. The minimum Gasteiger partial charge on any atom is -0.508 e. The first-order chi connectivity index (χ1) is 9.02. The molecule has 1 aromatic rings. The van der Waals surface area contributed by atoms with Crippen LogP contribution in [0.5, 0.6) is 11.5 Å². The van der Waals surface area contributed by atoms with Crippen molar-refractivity contribution in [2.24, 2.45) is 10.9 Å². The molecule has 1 heterocycles. The normalized spacial score (nSPS) is 19.7. The van der Waals surface area contributed by atoms with Gasteiger partial charge in [-0.2, -0.15) is 0 Å². The number of phenolic OH excluding ortho intramolecular Hbond substituents is 2. The number of carbonyl (C=O) groups is 1. The average Bonchev–Trinajstić information content (AvgIpc) is 2.84. The number of hydrogen-bond acceptors (Lipinski definition) is 5. The van der Waals surface area contributed by atoms with Gasteiger partial charge < -0.3 is 26.1 Å². The summed E-state index contributed by atoms with van der Waals surface area (Å²) >= 11 is 0. The van der Waals surface area contributed by atoms with Gasteiger partial charge in [0.25, 0.3) is 5.91 Å². The van der Waals surface area contributed by atoms with Crippen LogP contribution in [0.15, 0.2) is 23.4 Å². The SMILES string of the molecule is N/C(=N/O)C1CCCN1C(=O)c1cc(O)cc(O)c1. The number of hydrogen-bond donors (Lipinski definition) is 4. The van der Waals surface area contributed by atoms with Crippen LogP contribution < -0.4 is 5.73 Å². The number of benzene rings is 1. The van der Waals surface area contributed by atoms with Crippen LogP contribution in [0.1, 0.15) is 23.2 Å². The van der Waals surface area contributed by atoms with Crippen LogP contribution in [-0.4, -0.2) is 44.6 Å².